The predicted octanol–water partition coefficient (Wildman–Crippen LogP) is 3.05. The van der Waals surface area contributed by atoms with E-state index in [2.05, 4.69) is 13.8 Å². The molecule has 1 saturated heterocycles. The summed E-state index contributed by atoms with van der Waals surface area (Å²) in [7, 11) is 0. The molecule has 0 aliphatic carbocycles. The van der Waals surface area contributed by atoms with Crippen LogP contribution in [0.4, 0.5) is 0 Å². The highest BCUT2D eigenvalue weighted by atomic mass is 16.5. The zero-order chi connectivity index (χ0) is 9.98. The summed E-state index contributed by atoms with van der Waals surface area (Å²) in [4.78, 5) is 0. The van der Waals surface area contributed by atoms with Crippen molar-refractivity contribution in [2.24, 2.45) is 5.92 Å². The van der Waals surface area contributed by atoms with Crippen molar-refractivity contribution in [1.29, 1.82) is 0 Å². The fourth-order valence-electron chi connectivity index (χ4n) is 1.22. The van der Waals surface area contributed by atoms with Gasteiger partial charge in [0.05, 0.1) is 6.10 Å². The molecule has 1 fully saturated rings. The van der Waals surface area contributed by atoms with Gasteiger partial charge in [-0.15, -0.1) is 0 Å². The summed E-state index contributed by atoms with van der Waals surface area (Å²) in [6.07, 6.45) is 3.02. The third kappa shape index (κ3) is 11.9. The Kier molecular flexibility index (Phi) is 20.7. The van der Waals surface area contributed by atoms with E-state index in [1.54, 1.807) is 0 Å². The number of rotatable bonds is 0. The second-order valence-corrected chi connectivity index (χ2v) is 2.81. The lowest BCUT2D eigenvalue weighted by Gasteiger charge is -2.23. The largest absolute Gasteiger partial charge is 0.412 e. The molecule has 0 radical (unpaired) electrons. The molecule has 0 amide bonds. The fraction of sp³-hybridized carbons (Fsp3) is 1.00. The molecule has 1 aliphatic heterocycles. The molecule has 0 unspecified atom stereocenters. The topological polar surface area (TPSA) is 40.7 Å². The van der Waals surface area contributed by atoms with Gasteiger partial charge in [-0.2, -0.15) is 0 Å². The van der Waals surface area contributed by atoms with E-state index in [-0.39, 0.29) is 5.48 Å². The Hall–Kier alpha value is -0.0800. The van der Waals surface area contributed by atoms with Crippen molar-refractivity contribution < 1.29 is 10.2 Å². The van der Waals surface area contributed by atoms with Crippen LogP contribution < -0.4 is 0 Å². The molecule has 1 rings (SSSR count). The third-order valence-electron chi connectivity index (χ3n) is 1.75. The number of ether oxygens (including phenoxy) is 1. The molecule has 2 atom stereocenters. The molecule has 0 aromatic rings. The highest BCUT2D eigenvalue weighted by molar-refractivity contribution is 4.63. The molecule has 2 heteroatoms. The molecule has 0 aromatic heterocycles. The van der Waals surface area contributed by atoms with E-state index in [1.165, 1.54) is 12.8 Å². The smallest absolute Gasteiger partial charge is 0.0549 e. The van der Waals surface area contributed by atoms with Crippen LogP contribution >= 0.6 is 0 Å². The normalized spacial score (nSPS) is 25.4. The van der Waals surface area contributed by atoms with E-state index in [1.807, 2.05) is 27.7 Å². The standard InChI is InChI=1S/C7H14O.2C2H6.H2O/c1-6-3-4-8-7(2)5-6;2*1-2;/h6-7H,3-5H2,1-2H3;2*1-2H3;1H2/t6-,7-;;;/m0.../s1. The van der Waals surface area contributed by atoms with Crippen molar-refractivity contribution in [3.05, 3.63) is 0 Å². The van der Waals surface area contributed by atoms with Crippen LogP contribution in [0.5, 0.6) is 0 Å². The van der Waals surface area contributed by atoms with Gasteiger partial charge in [0.25, 0.3) is 0 Å². The molecule has 13 heavy (non-hydrogen) atoms. The lowest BCUT2D eigenvalue weighted by molar-refractivity contribution is 0.00682. The van der Waals surface area contributed by atoms with Crippen molar-refractivity contribution in [2.45, 2.75) is 60.5 Å². The highest BCUT2D eigenvalue weighted by Crippen LogP contribution is 2.18. The van der Waals surface area contributed by atoms with Gasteiger partial charge in [-0.05, 0) is 25.7 Å². The summed E-state index contributed by atoms with van der Waals surface area (Å²) >= 11 is 0. The number of hydrogen-bond donors (Lipinski definition) is 0. The molecular weight excluding hydrogens is 164 g/mol. The van der Waals surface area contributed by atoms with Gasteiger partial charge in [0, 0.05) is 6.61 Å². The predicted molar refractivity (Wildman–Crippen MR) is 60.1 cm³/mol. The SMILES string of the molecule is CC.CC.C[C@H]1CCO[C@@H](C)C1.O. The molecule has 2 N–H and O–H groups in total. The van der Waals surface area contributed by atoms with Crippen LogP contribution in [0.1, 0.15) is 54.4 Å². The zero-order valence-electron chi connectivity index (χ0n) is 10.2. The minimum Gasteiger partial charge on any atom is -0.412 e. The summed E-state index contributed by atoms with van der Waals surface area (Å²) in [6, 6.07) is 0. The van der Waals surface area contributed by atoms with Crippen LogP contribution in [0.15, 0.2) is 0 Å². The first-order valence-electron chi connectivity index (χ1n) is 5.40. The second-order valence-electron chi connectivity index (χ2n) is 2.81. The van der Waals surface area contributed by atoms with E-state index in [4.69, 9.17) is 4.74 Å². The molecular formula is C11H28O2. The molecule has 84 valence electrons. The van der Waals surface area contributed by atoms with Crippen LogP contribution in [0.2, 0.25) is 0 Å². The third-order valence-corrected chi connectivity index (χ3v) is 1.75. The van der Waals surface area contributed by atoms with Gasteiger partial charge in [-0.1, -0.05) is 34.6 Å². The molecule has 1 heterocycles. The van der Waals surface area contributed by atoms with E-state index in [9.17, 15) is 0 Å². The second kappa shape index (κ2) is 14.4. The van der Waals surface area contributed by atoms with Crippen molar-refractivity contribution in [2.75, 3.05) is 6.61 Å². The van der Waals surface area contributed by atoms with E-state index in [0.29, 0.717) is 6.10 Å². The molecule has 0 saturated carbocycles. The van der Waals surface area contributed by atoms with Crippen LogP contribution in [0.3, 0.4) is 0 Å². The van der Waals surface area contributed by atoms with Crippen LogP contribution in [0.25, 0.3) is 0 Å². The maximum atomic E-state index is 5.35. The van der Waals surface area contributed by atoms with Crippen LogP contribution in [0, 0.1) is 5.92 Å². The van der Waals surface area contributed by atoms with Crippen molar-refractivity contribution in [1.82, 2.24) is 0 Å². The molecule has 0 spiro atoms. The van der Waals surface area contributed by atoms with E-state index >= 15 is 0 Å². The maximum Gasteiger partial charge on any atom is 0.0549 e. The molecule has 0 bridgehead atoms. The van der Waals surface area contributed by atoms with Crippen molar-refractivity contribution >= 4 is 0 Å². The summed E-state index contributed by atoms with van der Waals surface area (Å²) in [5, 5.41) is 0. The van der Waals surface area contributed by atoms with E-state index in [0.717, 1.165) is 12.5 Å². The number of hydrogen-bond acceptors (Lipinski definition) is 1. The summed E-state index contributed by atoms with van der Waals surface area (Å²) in [5.74, 6) is 0.888. The quantitative estimate of drug-likeness (QED) is 0.581. The Morgan fingerprint density at radius 2 is 1.46 bits per heavy atom. The Balaban J connectivity index is -0.000000178. The highest BCUT2D eigenvalue weighted by Gasteiger charge is 2.13. The molecule has 1 aliphatic rings. The van der Waals surface area contributed by atoms with Gasteiger partial charge in [-0.3, -0.25) is 0 Å². The summed E-state index contributed by atoms with van der Waals surface area (Å²) in [6.45, 7) is 13.4. The monoisotopic (exact) mass is 192 g/mol. The molecule has 0 aromatic carbocycles. The van der Waals surface area contributed by atoms with Gasteiger partial charge in [0.2, 0.25) is 0 Å². The Morgan fingerprint density at radius 3 is 1.69 bits per heavy atom. The zero-order valence-corrected chi connectivity index (χ0v) is 10.2. The van der Waals surface area contributed by atoms with Crippen LogP contribution in [-0.2, 0) is 4.74 Å². The van der Waals surface area contributed by atoms with E-state index < -0.39 is 0 Å². The first-order valence-corrected chi connectivity index (χ1v) is 5.40. The molecule has 2 nitrogen and oxygen atoms in total. The average molecular weight is 192 g/mol. The van der Waals surface area contributed by atoms with Gasteiger partial charge in [0.1, 0.15) is 0 Å². The van der Waals surface area contributed by atoms with Gasteiger partial charge >= 0.3 is 0 Å². The van der Waals surface area contributed by atoms with Gasteiger partial charge < -0.3 is 10.2 Å². The average Bonchev–Trinajstić information content (AvgIpc) is 2.11. The van der Waals surface area contributed by atoms with Crippen molar-refractivity contribution in [3.63, 3.8) is 0 Å². The van der Waals surface area contributed by atoms with Crippen LogP contribution in [-0.4, -0.2) is 18.2 Å². The lowest BCUT2D eigenvalue weighted by Crippen LogP contribution is -2.20. The first kappa shape index (κ1) is 18.7. The van der Waals surface area contributed by atoms with Gasteiger partial charge in [-0.25, -0.2) is 0 Å². The maximum absolute atomic E-state index is 5.35. The fourth-order valence-corrected chi connectivity index (χ4v) is 1.22. The summed E-state index contributed by atoms with van der Waals surface area (Å²) in [5.41, 5.74) is 0. The Bertz CT molecular complexity index is 66.5. The minimum absolute atomic E-state index is 0. The minimum atomic E-state index is 0. The van der Waals surface area contributed by atoms with Crippen molar-refractivity contribution in [3.8, 4) is 0 Å². The first-order chi connectivity index (χ1) is 5.79. The summed E-state index contributed by atoms with van der Waals surface area (Å²) < 4.78 is 5.35. The Morgan fingerprint density at radius 1 is 1.00 bits per heavy atom. The Labute approximate surface area is 84.0 Å². The lowest BCUT2D eigenvalue weighted by atomic mass is 9.99. The van der Waals surface area contributed by atoms with Gasteiger partial charge in [0.15, 0.2) is 0 Å².